The zero-order chi connectivity index (χ0) is 44.5. The Labute approximate surface area is 371 Å². The lowest BCUT2D eigenvalue weighted by molar-refractivity contribution is 0.392. The van der Waals surface area contributed by atoms with Crippen molar-refractivity contribution in [3.63, 3.8) is 0 Å². The van der Waals surface area contributed by atoms with Gasteiger partial charge in [-0.1, -0.05) is 24.3 Å². The van der Waals surface area contributed by atoms with E-state index in [4.69, 9.17) is 57.9 Å². The maximum absolute atomic E-state index is 6.02. The van der Waals surface area contributed by atoms with Gasteiger partial charge in [0.1, 0.15) is 46.0 Å². The average Bonchev–Trinajstić information content (AvgIpc) is 4.20. The molecule has 0 radical (unpaired) electrons. The van der Waals surface area contributed by atoms with Gasteiger partial charge in [-0.05, 0) is 97.1 Å². The smallest absolute Gasteiger partial charge is 0.130 e. The summed E-state index contributed by atoms with van der Waals surface area (Å²) in [4.78, 5) is 21.7. The van der Waals surface area contributed by atoms with Gasteiger partial charge in [-0.2, -0.15) is 0 Å². The third-order valence-corrected chi connectivity index (χ3v) is 11.3. The van der Waals surface area contributed by atoms with Gasteiger partial charge in [-0.15, -0.1) is 0 Å². The highest BCUT2D eigenvalue weighted by atomic mass is 16.5. The highest BCUT2D eigenvalue weighted by Gasteiger charge is 2.33. The van der Waals surface area contributed by atoms with E-state index in [0.717, 1.165) is 0 Å². The van der Waals surface area contributed by atoms with Crippen molar-refractivity contribution in [3.05, 3.63) is 166 Å². The minimum atomic E-state index is 0.573. The minimum Gasteiger partial charge on any atom is -0.496 e. The molecule has 12 nitrogen and oxygen atoms in total. The molecule has 5 heterocycles. The van der Waals surface area contributed by atoms with Crippen molar-refractivity contribution in [1.29, 1.82) is 0 Å². The number of benzene rings is 4. The van der Waals surface area contributed by atoms with Crippen LogP contribution in [0.5, 0.6) is 46.0 Å². The molecule has 4 aromatic rings. The predicted molar refractivity (Wildman–Crippen MR) is 252 cm³/mol. The van der Waals surface area contributed by atoms with E-state index in [2.05, 4.69) is 0 Å². The van der Waals surface area contributed by atoms with Crippen molar-refractivity contribution >= 4 is 45.1 Å². The first-order valence-electron chi connectivity index (χ1n) is 20.3. The van der Waals surface area contributed by atoms with Crippen LogP contribution in [0.4, 0.5) is 0 Å². The van der Waals surface area contributed by atoms with E-state index in [-0.39, 0.29) is 0 Å². The maximum Gasteiger partial charge on any atom is 0.130 e. The molecule has 5 aliphatic heterocycles. The van der Waals surface area contributed by atoms with Gasteiger partial charge in [0.25, 0.3) is 0 Å². The summed E-state index contributed by atoms with van der Waals surface area (Å²) in [6, 6.07) is 22.7. The Morgan fingerprint density at radius 1 is 0.250 bits per heavy atom. The van der Waals surface area contributed by atoms with Gasteiger partial charge in [0.05, 0.1) is 125 Å². The molecular weight excluding hydrogens is 809 g/mol. The molecule has 0 aliphatic carbocycles. The Morgan fingerprint density at radius 2 is 0.422 bits per heavy atom. The molecule has 5 aliphatic rings. The Kier molecular flexibility index (Phi) is 11.2. The Morgan fingerprint density at radius 3 is 0.578 bits per heavy atom. The number of nitrogens with zero attached hydrogens (tertiary/aromatic N) is 4. The lowest BCUT2D eigenvalue weighted by Crippen LogP contribution is -2.07. The SMILES string of the molecule is COc1cccc(OC)c1C1=C2C=CC(=N2)C(c2c(OC)cccc2OC)=C2C=CC(=N2)C(c2c(OC)cccc2OC)=C2C=CC(=N2)C(c2c(OC)cccc2OC)=C2C=CC1=N2. The zero-order valence-corrected chi connectivity index (χ0v) is 36.6. The van der Waals surface area contributed by atoms with E-state index in [1.165, 1.54) is 0 Å². The second-order valence-corrected chi connectivity index (χ2v) is 14.5. The molecule has 0 aromatic heterocycles. The summed E-state index contributed by atoms with van der Waals surface area (Å²) in [5.41, 5.74) is 10.2. The highest BCUT2D eigenvalue weighted by Crippen LogP contribution is 2.47. The molecular formula is C52H44N4O8. The molecule has 0 saturated heterocycles. The van der Waals surface area contributed by atoms with Crippen molar-refractivity contribution in [2.45, 2.75) is 0 Å². The summed E-state index contributed by atoms with van der Waals surface area (Å²) in [6.07, 6.45) is 15.7. The molecule has 0 N–H and O–H groups in total. The van der Waals surface area contributed by atoms with Crippen LogP contribution < -0.4 is 37.9 Å². The average molecular weight is 853 g/mol. The van der Waals surface area contributed by atoms with E-state index in [1.807, 2.05) is 121 Å². The van der Waals surface area contributed by atoms with Gasteiger partial charge >= 0.3 is 0 Å². The third kappa shape index (κ3) is 6.89. The fourth-order valence-electron chi connectivity index (χ4n) is 8.50. The lowest BCUT2D eigenvalue weighted by atomic mass is 9.96. The van der Waals surface area contributed by atoms with E-state index in [1.54, 1.807) is 56.9 Å². The quantitative estimate of drug-likeness (QED) is 0.138. The monoisotopic (exact) mass is 852 g/mol. The second kappa shape index (κ2) is 17.3. The minimum absolute atomic E-state index is 0.573. The second-order valence-electron chi connectivity index (χ2n) is 14.5. The number of fused-ring (bicyclic) bond motifs is 4. The Bertz CT molecular complexity index is 2530. The van der Waals surface area contributed by atoms with Gasteiger partial charge in [-0.3, -0.25) is 0 Å². The molecule has 9 rings (SSSR count). The highest BCUT2D eigenvalue weighted by molar-refractivity contribution is 6.40. The van der Waals surface area contributed by atoms with E-state index >= 15 is 0 Å². The van der Waals surface area contributed by atoms with Crippen molar-refractivity contribution in [2.24, 2.45) is 20.0 Å². The summed E-state index contributed by atoms with van der Waals surface area (Å²) in [5.74, 6) is 4.58. The molecule has 8 bridgehead atoms. The number of methoxy groups -OCH3 is 8. The van der Waals surface area contributed by atoms with Crippen molar-refractivity contribution in [3.8, 4) is 46.0 Å². The summed E-state index contributed by atoms with van der Waals surface area (Å²) < 4.78 is 48.2. The van der Waals surface area contributed by atoms with Crippen LogP contribution in [0.25, 0.3) is 22.3 Å². The van der Waals surface area contributed by atoms with Crippen molar-refractivity contribution < 1.29 is 37.9 Å². The third-order valence-electron chi connectivity index (χ3n) is 11.3. The van der Waals surface area contributed by atoms with Crippen LogP contribution in [-0.2, 0) is 0 Å². The summed E-state index contributed by atoms with van der Waals surface area (Å²) in [7, 11) is 13.0. The van der Waals surface area contributed by atoms with E-state index in [9.17, 15) is 0 Å². The molecule has 0 fully saturated rings. The first-order chi connectivity index (χ1) is 31.4. The van der Waals surface area contributed by atoms with E-state index < -0.39 is 0 Å². The van der Waals surface area contributed by atoms with Gasteiger partial charge in [0.15, 0.2) is 0 Å². The molecule has 0 atom stereocenters. The first-order valence-corrected chi connectivity index (χ1v) is 20.3. The standard InChI is InChI=1S/C52H44N4O8/c1-57-37-13-9-14-38(58-2)49(37)45-29-21-23-31(53-29)46(50-39(59-3)15-10-16-40(50)60-4)33-25-27-35(55-33)48(52-43(63-7)19-12-20-44(52)64-8)36-28-26-34(56-36)47(32-24-22-30(45)54-32)51-41(61-5)17-11-18-42(51)62-6/h9-28H,1-8H3. The molecule has 12 heteroatoms. The number of hydrogen-bond acceptors (Lipinski definition) is 12. The fraction of sp³-hybridized carbons (Fsp3) is 0.154. The molecule has 0 unspecified atom stereocenters. The molecule has 320 valence electrons. The Hall–Kier alpha value is -8.12. The predicted octanol–water partition coefficient (Wildman–Crippen LogP) is 9.76. The van der Waals surface area contributed by atoms with Crippen LogP contribution in [0.15, 0.2) is 164 Å². The number of ether oxygens (including phenoxy) is 8. The van der Waals surface area contributed by atoms with Crippen molar-refractivity contribution in [2.75, 3.05) is 56.9 Å². The Balaban J connectivity index is 1.46. The van der Waals surface area contributed by atoms with Gasteiger partial charge < -0.3 is 37.9 Å². The van der Waals surface area contributed by atoms with Crippen LogP contribution in [0.2, 0.25) is 0 Å². The lowest BCUT2D eigenvalue weighted by Gasteiger charge is -2.19. The number of allylic oxidation sites excluding steroid dienone is 12. The summed E-state index contributed by atoms with van der Waals surface area (Å²) in [6.45, 7) is 0. The number of rotatable bonds is 12. The van der Waals surface area contributed by atoms with Crippen LogP contribution in [0.1, 0.15) is 22.3 Å². The first kappa shape index (κ1) is 41.2. The van der Waals surface area contributed by atoms with Crippen LogP contribution in [0.3, 0.4) is 0 Å². The van der Waals surface area contributed by atoms with E-state index in [0.29, 0.717) is 136 Å². The largest absolute Gasteiger partial charge is 0.496 e. The fourth-order valence-corrected chi connectivity index (χ4v) is 8.50. The topological polar surface area (TPSA) is 123 Å². The molecule has 0 amide bonds. The molecule has 0 saturated carbocycles. The molecule has 0 spiro atoms. The number of aliphatic imine (C=N–C) groups is 4. The van der Waals surface area contributed by atoms with Crippen molar-refractivity contribution in [1.82, 2.24) is 0 Å². The van der Waals surface area contributed by atoms with Crippen LogP contribution in [0, 0.1) is 0 Å². The van der Waals surface area contributed by atoms with Gasteiger partial charge in [-0.25, -0.2) is 20.0 Å². The maximum atomic E-state index is 6.02. The van der Waals surface area contributed by atoms with Gasteiger partial charge in [0.2, 0.25) is 0 Å². The van der Waals surface area contributed by atoms with Crippen LogP contribution in [-0.4, -0.2) is 79.7 Å². The summed E-state index contributed by atoms with van der Waals surface area (Å²) >= 11 is 0. The van der Waals surface area contributed by atoms with Gasteiger partial charge in [0, 0.05) is 22.3 Å². The normalized spacial score (nSPS) is 16.0. The number of hydrogen-bond donors (Lipinski definition) is 0. The summed E-state index contributed by atoms with van der Waals surface area (Å²) in [5, 5.41) is 0. The molecule has 64 heavy (non-hydrogen) atoms. The molecule has 4 aromatic carbocycles. The zero-order valence-electron chi connectivity index (χ0n) is 36.6. The van der Waals surface area contributed by atoms with Crippen LogP contribution >= 0.6 is 0 Å².